The quantitative estimate of drug-likeness (QED) is 0.474. The van der Waals surface area contributed by atoms with E-state index in [4.69, 9.17) is 9.15 Å². The summed E-state index contributed by atoms with van der Waals surface area (Å²) in [5.74, 6) is -0.480. The van der Waals surface area contributed by atoms with Gasteiger partial charge in [-0.2, -0.15) is 0 Å². The number of ether oxygens (including phenoxy) is 1. The molecular formula is C19H20N4O5. The predicted molar refractivity (Wildman–Crippen MR) is 100.0 cm³/mol. The van der Waals surface area contributed by atoms with E-state index in [9.17, 15) is 14.9 Å². The van der Waals surface area contributed by atoms with E-state index in [0.717, 1.165) is 0 Å². The number of rotatable bonds is 5. The lowest BCUT2D eigenvalue weighted by Crippen LogP contribution is -2.28. The van der Waals surface area contributed by atoms with Gasteiger partial charge in [-0.3, -0.25) is 10.1 Å². The number of non-ortho nitro benzene ring substituents is 1. The van der Waals surface area contributed by atoms with E-state index in [0.29, 0.717) is 40.4 Å². The van der Waals surface area contributed by atoms with Crippen LogP contribution in [-0.2, 0) is 16.0 Å². The van der Waals surface area contributed by atoms with Crippen molar-refractivity contribution in [1.82, 2.24) is 15.5 Å². The third-order valence-corrected chi connectivity index (χ3v) is 4.58. The zero-order valence-electron chi connectivity index (χ0n) is 16.0. The maximum Gasteiger partial charge on any atom is 0.336 e. The Balaban J connectivity index is 2.24. The molecular weight excluding hydrogens is 364 g/mol. The smallest absolute Gasteiger partial charge is 0.336 e. The van der Waals surface area contributed by atoms with Gasteiger partial charge < -0.3 is 14.5 Å². The van der Waals surface area contributed by atoms with Gasteiger partial charge in [-0.1, -0.05) is 19.1 Å². The van der Waals surface area contributed by atoms with Crippen LogP contribution < -0.4 is 5.32 Å². The number of dihydropyridines is 1. The van der Waals surface area contributed by atoms with Crippen LogP contribution in [0.2, 0.25) is 0 Å². The zero-order valence-corrected chi connectivity index (χ0v) is 16.0. The number of methoxy groups -OCH3 is 1. The number of hydrogen-bond donors (Lipinski definition) is 1. The van der Waals surface area contributed by atoms with Gasteiger partial charge in [0.2, 0.25) is 11.8 Å². The van der Waals surface area contributed by atoms with Gasteiger partial charge in [0, 0.05) is 35.5 Å². The number of nitro groups is 1. The van der Waals surface area contributed by atoms with Gasteiger partial charge in [0.1, 0.15) is 0 Å². The van der Waals surface area contributed by atoms with Crippen molar-refractivity contribution in [2.45, 2.75) is 33.1 Å². The second-order valence-electron chi connectivity index (χ2n) is 6.33. The predicted octanol–water partition coefficient (Wildman–Crippen LogP) is 3.11. The van der Waals surface area contributed by atoms with Crippen molar-refractivity contribution < 1.29 is 18.9 Å². The van der Waals surface area contributed by atoms with Crippen LogP contribution in [0.15, 0.2) is 45.6 Å². The first kappa shape index (κ1) is 19.3. The second kappa shape index (κ2) is 7.63. The molecule has 3 rings (SSSR count). The molecule has 1 N–H and O–H groups in total. The molecule has 9 heteroatoms. The average Bonchev–Trinajstić information content (AvgIpc) is 3.15. The molecule has 0 saturated carbocycles. The summed E-state index contributed by atoms with van der Waals surface area (Å²) in [6.07, 6.45) is 0.562. The molecule has 1 aromatic carbocycles. The molecule has 2 aromatic rings. The van der Waals surface area contributed by atoms with E-state index in [-0.39, 0.29) is 11.6 Å². The van der Waals surface area contributed by atoms with Crippen LogP contribution in [0.4, 0.5) is 5.69 Å². The maximum atomic E-state index is 12.6. The normalized spacial score (nSPS) is 16.8. The van der Waals surface area contributed by atoms with Crippen molar-refractivity contribution >= 4 is 17.2 Å². The minimum Gasteiger partial charge on any atom is -0.466 e. The summed E-state index contributed by atoms with van der Waals surface area (Å²) in [7, 11) is 1.29. The Morgan fingerprint density at radius 2 is 2.07 bits per heavy atom. The molecule has 0 radical (unpaired) electrons. The first-order valence-electron chi connectivity index (χ1n) is 8.71. The zero-order chi connectivity index (χ0) is 20.4. The Hall–Kier alpha value is -3.49. The van der Waals surface area contributed by atoms with Crippen LogP contribution in [0.5, 0.6) is 0 Å². The molecule has 28 heavy (non-hydrogen) atoms. The number of nitro benzene ring substituents is 1. The number of hydrogen-bond acceptors (Lipinski definition) is 8. The van der Waals surface area contributed by atoms with Crippen LogP contribution in [0.1, 0.15) is 44.0 Å². The molecule has 0 aliphatic carbocycles. The summed E-state index contributed by atoms with van der Waals surface area (Å²) in [4.78, 5) is 23.4. The Morgan fingerprint density at radius 3 is 2.68 bits per heavy atom. The topological polar surface area (TPSA) is 120 Å². The van der Waals surface area contributed by atoms with Crippen molar-refractivity contribution in [3.05, 3.63) is 68.7 Å². The fraction of sp³-hybridized carbons (Fsp3) is 0.316. The molecule has 0 amide bonds. The SMILES string of the molecule is CCc1nnc(C2=C(C)NC(C)=C(C(=O)OC)C2c2cccc([N+](=O)[O-])c2)o1. The van der Waals surface area contributed by atoms with Gasteiger partial charge in [-0.25, -0.2) is 4.79 Å². The molecule has 2 heterocycles. The van der Waals surface area contributed by atoms with E-state index in [1.54, 1.807) is 19.1 Å². The van der Waals surface area contributed by atoms with Crippen molar-refractivity contribution in [2.24, 2.45) is 0 Å². The number of esters is 1. The lowest BCUT2D eigenvalue weighted by atomic mass is 9.80. The highest BCUT2D eigenvalue weighted by molar-refractivity contribution is 5.96. The Morgan fingerprint density at radius 1 is 1.32 bits per heavy atom. The summed E-state index contributed by atoms with van der Waals surface area (Å²) in [6.45, 7) is 5.47. The summed E-state index contributed by atoms with van der Waals surface area (Å²) in [5.41, 5.74) is 2.71. The third-order valence-electron chi connectivity index (χ3n) is 4.58. The molecule has 1 aliphatic rings. The molecule has 1 aromatic heterocycles. The van der Waals surface area contributed by atoms with Crippen molar-refractivity contribution in [2.75, 3.05) is 7.11 Å². The minimum absolute atomic E-state index is 0.0744. The maximum absolute atomic E-state index is 12.6. The standard InChI is InChI=1S/C19H20N4O5/c1-5-14-21-22-18(28-14)15-10(2)20-11(3)16(19(24)27-4)17(15)12-7-6-8-13(9-12)23(25)26/h6-9,17,20H,5H2,1-4H3. The number of carbonyl (C=O) groups excluding carboxylic acids is 1. The number of aryl methyl sites for hydroxylation is 1. The molecule has 0 bridgehead atoms. The molecule has 146 valence electrons. The van der Waals surface area contributed by atoms with Crippen LogP contribution in [0, 0.1) is 10.1 Å². The number of nitrogens with one attached hydrogen (secondary N) is 1. The van der Waals surface area contributed by atoms with E-state index in [1.807, 2.05) is 13.8 Å². The number of carbonyl (C=O) groups is 1. The number of allylic oxidation sites excluding steroid dienone is 3. The highest BCUT2D eigenvalue weighted by Crippen LogP contribution is 2.43. The van der Waals surface area contributed by atoms with Gasteiger partial charge in [0.15, 0.2) is 0 Å². The van der Waals surface area contributed by atoms with Crippen LogP contribution >= 0.6 is 0 Å². The lowest BCUT2D eigenvalue weighted by Gasteiger charge is -2.29. The minimum atomic E-state index is -0.654. The Labute approximate surface area is 161 Å². The Kier molecular flexibility index (Phi) is 5.25. The van der Waals surface area contributed by atoms with Crippen molar-refractivity contribution in [1.29, 1.82) is 0 Å². The van der Waals surface area contributed by atoms with Crippen LogP contribution in [-0.4, -0.2) is 28.2 Å². The van der Waals surface area contributed by atoms with Gasteiger partial charge in [-0.15, -0.1) is 10.2 Å². The largest absolute Gasteiger partial charge is 0.466 e. The van der Waals surface area contributed by atoms with E-state index >= 15 is 0 Å². The molecule has 0 spiro atoms. The fourth-order valence-corrected chi connectivity index (χ4v) is 3.31. The highest BCUT2D eigenvalue weighted by atomic mass is 16.6. The fourth-order valence-electron chi connectivity index (χ4n) is 3.31. The summed E-state index contributed by atoms with van der Waals surface area (Å²) in [5, 5.41) is 22.5. The first-order chi connectivity index (χ1) is 13.4. The van der Waals surface area contributed by atoms with E-state index < -0.39 is 16.8 Å². The van der Waals surface area contributed by atoms with Gasteiger partial charge in [-0.05, 0) is 19.4 Å². The molecule has 9 nitrogen and oxygen atoms in total. The van der Waals surface area contributed by atoms with E-state index in [2.05, 4.69) is 15.5 Å². The summed E-state index contributed by atoms with van der Waals surface area (Å²) < 4.78 is 10.7. The van der Waals surface area contributed by atoms with Crippen LogP contribution in [0.3, 0.4) is 0 Å². The number of benzene rings is 1. The molecule has 1 aliphatic heterocycles. The van der Waals surface area contributed by atoms with Gasteiger partial charge in [0.25, 0.3) is 5.69 Å². The lowest BCUT2D eigenvalue weighted by molar-refractivity contribution is -0.384. The molecule has 1 atom stereocenters. The summed E-state index contributed by atoms with van der Waals surface area (Å²) >= 11 is 0. The van der Waals surface area contributed by atoms with Crippen molar-refractivity contribution in [3.8, 4) is 0 Å². The summed E-state index contributed by atoms with van der Waals surface area (Å²) in [6, 6.07) is 6.15. The second-order valence-corrected chi connectivity index (χ2v) is 6.33. The number of aromatic nitrogens is 2. The molecule has 0 fully saturated rings. The van der Waals surface area contributed by atoms with Gasteiger partial charge in [0.05, 0.1) is 23.5 Å². The average molecular weight is 384 g/mol. The molecule has 0 saturated heterocycles. The molecule has 1 unspecified atom stereocenters. The van der Waals surface area contributed by atoms with Gasteiger partial charge >= 0.3 is 5.97 Å². The Bertz CT molecular complexity index is 1010. The first-order valence-corrected chi connectivity index (χ1v) is 8.71. The van der Waals surface area contributed by atoms with E-state index in [1.165, 1.54) is 19.2 Å². The monoisotopic (exact) mass is 384 g/mol. The highest BCUT2D eigenvalue weighted by Gasteiger charge is 2.37. The third kappa shape index (κ3) is 3.38. The van der Waals surface area contributed by atoms with Crippen molar-refractivity contribution in [3.63, 3.8) is 0 Å². The van der Waals surface area contributed by atoms with Crippen LogP contribution in [0.25, 0.3) is 5.57 Å². The number of nitrogens with zero attached hydrogens (tertiary/aromatic N) is 3.